The molecule has 2 aromatic rings. The van der Waals surface area contributed by atoms with Gasteiger partial charge in [0.2, 0.25) is 0 Å². The van der Waals surface area contributed by atoms with E-state index in [2.05, 4.69) is 33.6 Å². The van der Waals surface area contributed by atoms with Crippen molar-refractivity contribution in [1.29, 1.82) is 0 Å². The van der Waals surface area contributed by atoms with Crippen LogP contribution in [0, 0.1) is 13.8 Å². The van der Waals surface area contributed by atoms with Gasteiger partial charge in [-0.2, -0.15) is 0 Å². The first-order valence-corrected chi connectivity index (χ1v) is 10.3. The quantitative estimate of drug-likeness (QED) is 0.817. The number of hydrogen-bond donors (Lipinski definition) is 0. The summed E-state index contributed by atoms with van der Waals surface area (Å²) in [6.07, 6.45) is 2.63. The molecular formula is C22H30N4O2. The van der Waals surface area contributed by atoms with Gasteiger partial charge < -0.3 is 9.64 Å². The molecule has 2 saturated heterocycles. The van der Waals surface area contributed by atoms with Crippen molar-refractivity contribution in [3.63, 3.8) is 0 Å². The minimum Gasteiger partial charge on any atom is -0.373 e. The van der Waals surface area contributed by atoms with Gasteiger partial charge in [0.25, 0.3) is 5.91 Å². The summed E-state index contributed by atoms with van der Waals surface area (Å²) in [4.78, 5) is 27.0. The molecule has 1 aromatic heterocycles. The second kappa shape index (κ2) is 7.76. The zero-order chi connectivity index (χ0) is 19.8. The van der Waals surface area contributed by atoms with E-state index in [1.807, 2.05) is 32.0 Å². The smallest absolute Gasteiger partial charge is 0.254 e. The summed E-state index contributed by atoms with van der Waals surface area (Å²) < 4.78 is 5.85. The molecule has 4 rings (SSSR count). The highest BCUT2D eigenvalue weighted by Crippen LogP contribution is 2.24. The molecule has 6 nitrogen and oxygen atoms in total. The van der Waals surface area contributed by atoms with Crippen LogP contribution in [0.2, 0.25) is 0 Å². The average Bonchev–Trinajstić information content (AvgIpc) is 3.09. The van der Waals surface area contributed by atoms with Gasteiger partial charge in [0.05, 0.1) is 34.6 Å². The van der Waals surface area contributed by atoms with E-state index in [0.29, 0.717) is 5.56 Å². The fourth-order valence-electron chi connectivity index (χ4n) is 4.55. The van der Waals surface area contributed by atoms with Crippen molar-refractivity contribution in [3.05, 3.63) is 35.2 Å². The first kappa shape index (κ1) is 19.3. The largest absolute Gasteiger partial charge is 0.373 e. The van der Waals surface area contributed by atoms with E-state index >= 15 is 0 Å². The van der Waals surface area contributed by atoms with Crippen molar-refractivity contribution in [3.8, 4) is 0 Å². The average molecular weight is 383 g/mol. The van der Waals surface area contributed by atoms with Crippen LogP contribution < -0.4 is 0 Å². The molecule has 3 atom stereocenters. The predicted molar refractivity (Wildman–Crippen MR) is 110 cm³/mol. The van der Waals surface area contributed by atoms with Crippen molar-refractivity contribution in [2.24, 2.45) is 0 Å². The Hall–Kier alpha value is -2.05. The van der Waals surface area contributed by atoms with E-state index in [-0.39, 0.29) is 24.2 Å². The van der Waals surface area contributed by atoms with Gasteiger partial charge in [-0.3, -0.25) is 9.69 Å². The second-order valence-corrected chi connectivity index (χ2v) is 8.37. The lowest BCUT2D eigenvalue weighted by atomic mass is 10.1. The number of aryl methyl sites for hydroxylation is 2. The maximum absolute atomic E-state index is 13.3. The molecule has 1 amide bonds. The summed E-state index contributed by atoms with van der Waals surface area (Å²) in [6.45, 7) is 11.8. The number of benzene rings is 1. The number of hydrogen-bond acceptors (Lipinski definition) is 5. The fraction of sp³-hybridized carbons (Fsp3) is 0.591. The predicted octanol–water partition coefficient (Wildman–Crippen LogP) is 2.96. The highest BCUT2D eigenvalue weighted by molar-refractivity contribution is 5.97. The highest BCUT2D eigenvalue weighted by Gasteiger charge is 2.33. The van der Waals surface area contributed by atoms with Gasteiger partial charge in [-0.25, -0.2) is 9.97 Å². The van der Waals surface area contributed by atoms with Gasteiger partial charge in [-0.05, 0) is 58.7 Å². The molecule has 0 saturated carbocycles. The van der Waals surface area contributed by atoms with Crippen molar-refractivity contribution in [1.82, 2.24) is 19.8 Å². The van der Waals surface area contributed by atoms with Crippen LogP contribution >= 0.6 is 0 Å². The van der Waals surface area contributed by atoms with Gasteiger partial charge in [0, 0.05) is 37.8 Å². The van der Waals surface area contributed by atoms with Crippen LogP contribution in [0.5, 0.6) is 0 Å². The number of fused-ring (bicyclic) bond motifs is 1. The number of aromatic nitrogens is 2. The summed E-state index contributed by atoms with van der Waals surface area (Å²) in [5.41, 5.74) is 4.18. The van der Waals surface area contributed by atoms with Crippen LogP contribution in [-0.4, -0.2) is 70.1 Å². The standard InChI is InChI=1S/C22H30N4O2/c1-14-11-25(12-15(2)28-14)13-19-6-5-9-26(19)22(27)18-7-8-20-21(10-18)24-17(4)16(3)23-20/h7-8,10,14-15,19H,5-6,9,11-13H2,1-4H3. The number of nitrogens with zero attached hydrogens (tertiary/aromatic N) is 4. The third kappa shape index (κ3) is 3.89. The zero-order valence-corrected chi connectivity index (χ0v) is 17.3. The summed E-state index contributed by atoms with van der Waals surface area (Å²) >= 11 is 0. The number of amides is 1. The summed E-state index contributed by atoms with van der Waals surface area (Å²) in [5, 5.41) is 0. The Balaban J connectivity index is 1.51. The summed E-state index contributed by atoms with van der Waals surface area (Å²) in [6, 6.07) is 5.97. The third-order valence-electron chi connectivity index (χ3n) is 5.92. The van der Waals surface area contributed by atoms with Crippen LogP contribution in [0.1, 0.15) is 48.4 Å². The lowest BCUT2D eigenvalue weighted by Crippen LogP contribution is -2.50. The topological polar surface area (TPSA) is 58.6 Å². The van der Waals surface area contributed by atoms with Gasteiger partial charge in [-0.1, -0.05) is 0 Å². The van der Waals surface area contributed by atoms with Crippen LogP contribution in [0.4, 0.5) is 0 Å². The zero-order valence-electron chi connectivity index (χ0n) is 17.3. The normalized spacial score (nSPS) is 26.1. The van der Waals surface area contributed by atoms with Crippen molar-refractivity contribution >= 4 is 16.9 Å². The fourth-order valence-corrected chi connectivity index (χ4v) is 4.55. The number of carbonyl (C=O) groups is 1. The Morgan fingerprint density at radius 1 is 1.11 bits per heavy atom. The van der Waals surface area contributed by atoms with Crippen molar-refractivity contribution in [2.75, 3.05) is 26.2 Å². The van der Waals surface area contributed by atoms with Gasteiger partial charge >= 0.3 is 0 Å². The van der Waals surface area contributed by atoms with Crippen LogP contribution in [0.25, 0.3) is 11.0 Å². The monoisotopic (exact) mass is 382 g/mol. The molecular weight excluding hydrogens is 352 g/mol. The molecule has 2 fully saturated rings. The molecule has 2 aliphatic heterocycles. The first-order valence-electron chi connectivity index (χ1n) is 10.3. The van der Waals surface area contributed by atoms with Crippen LogP contribution in [0.3, 0.4) is 0 Å². The van der Waals surface area contributed by atoms with E-state index in [0.717, 1.165) is 61.4 Å². The first-order chi connectivity index (χ1) is 13.4. The Morgan fingerprint density at radius 3 is 2.50 bits per heavy atom. The summed E-state index contributed by atoms with van der Waals surface area (Å²) in [5.74, 6) is 0.110. The van der Waals surface area contributed by atoms with E-state index in [1.54, 1.807) is 0 Å². The molecule has 6 heteroatoms. The number of morpholine rings is 1. The molecule has 28 heavy (non-hydrogen) atoms. The van der Waals surface area contributed by atoms with E-state index in [9.17, 15) is 4.79 Å². The molecule has 3 unspecified atom stereocenters. The van der Waals surface area contributed by atoms with Crippen molar-refractivity contribution < 1.29 is 9.53 Å². The molecule has 0 bridgehead atoms. The van der Waals surface area contributed by atoms with Crippen LogP contribution in [-0.2, 0) is 4.74 Å². The Kier molecular flexibility index (Phi) is 5.34. The minimum atomic E-state index is 0.110. The van der Waals surface area contributed by atoms with Crippen LogP contribution in [0.15, 0.2) is 18.2 Å². The van der Waals surface area contributed by atoms with E-state index < -0.39 is 0 Å². The molecule has 0 N–H and O–H groups in total. The SMILES string of the molecule is Cc1nc2ccc(C(=O)N3CCCC3CN3CC(C)OC(C)C3)cc2nc1C. The van der Waals surface area contributed by atoms with Gasteiger partial charge in [0.15, 0.2) is 0 Å². The molecule has 2 aliphatic rings. The number of likely N-dealkylation sites (tertiary alicyclic amines) is 1. The van der Waals surface area contributed by atoms with Crippen molar-refractivity contribution in [2.45, 2.75) is 58.8 Å². The number of rotatable bonds is 3. The third-order valence-corrected chi connectivity index (χ3v) is 5.92. The van der Waals surface area contributed by atoms with E-state index in [1.165, 1.54) is 0 Å². The molecule has 3 heterocycles. The second-order valence-electron chi connectivity index (χ2n) is 8.37. The maximum Gasteiger partial charge on any atom is 0.254 e. The molecule has 0 spiro atoms. The maximum atomic E-state index is 13.3. The Bertz CT molecular complexity index is 874. The lowest BCUT2D eigenvalue weighted by Gasteiger charge is -2.38. The molecule has 150 valence electrons. The number of carbonyl (C=O) groups excluding carboxylic acids is 1. The lowest BCUT2D eigenvalue weighted by molar-refractivity contribution is -0.0715. The van der Waals surface area contributed by atoms with E-state index in [4.69, 9.17) is 4.74 Å². The van der Waals surface area contributed by atoms with Gasteiger partial charge in [-0.15, -0.1) is 0 Å². The minimum absolute atomic E-state index is 0.110. The molecule has 0 aliphatic carbocycles. The highest BCUT2D eigenvalue weighted by atomic mass is 16.5. The summed E-state index contributed by atoms with van der Waals surface area (Å²) in [7, 11) is 0. The molecule has 0 radical (unpaired) electrons. The van der Waals surface area contributed by atoms with Gasteiger partial charge in [0.1, 0.15) is 0 Å². The Morgan fingerprint density at radius 2 is 1.79 bits per heavy atom. The molecule has 1 aromatic carbocycles. The Labute approximate surface area is 166 Å². The number of ether oxygens (including phenoxy) is 1.